The van der Waals surface area contributed by atoms with Crippen LogP contribution < -0.4 is 9.80 Å². The molecule has 1 atom stereocenters. The van der Waals surface area contributed by atoms with E-state index in [0.29, 0.717) is 0 Å². The Kier molecular flexibility index (Phi) is 7.68. The number of benzene rings is 1. The number of carbonyl (C=O) groups is 2. The summed E-state index contributed by atoms with van der Waals surface area (Å²) in [6.45, 7) is 0.168. The lowest BCUT2D eigenvalue weighted by Crippen LogP contribution is -2.52. The molecule has 11 nitrogen and oxygen atoms in total. The molecule has 0 aromatic heterocycles. The molecule has 2 amide bonds. The van der Waals surface area contributed by atoms with Crippen molar-refractivity contribution >= 4 is 45.5 Å². The summed E-state index contributed by atoms with van der Waals surface area (Å²) in [4.78, 5) is 30.9. The predicted molar refractivity (Wildman–Crippen MR) is 118 cm³/mol. The highest BCUT2D eigenvalue weighted by molar-refractivity contribution is 7.96. The minimum absolute atomic E-state index is 0.0336. The molecule has 1 aromatic rings. The van der Waals surface area contributed by atoms with Crippen LogP contribution in [0.4, 0.5) is 29.7 Å². The van der Waals surface area contributed by atoms with Crippen molar-refractivity contribution in [3.8, 4) is 0 Å². The molecule has 33 heavy (non-hydrogen) atoms. The van der Waals surface area contributed by atoms with E-state index < -0.39 is 39.3 Å². The van der Waals surface area contributed by atoms with Crippen molar-refractivity contribution in [1.29, 1.82) is 0 Å². The second kappa shape index (κ2) is 9.97. The molecule has 0 aliphatic carbocycles. The zero-order chi connectivity index (χ0) is 24.5. The van der Waals surface area contributed by atoms with Crippen LogP contribution in [-0.4, -0.2) is 100 Å². The highest BCUT2D eigenvalue weighted by Crippen LogP contribution is 2.32. The van der Waals surface area contributed by atoms with E-state index in [1.165, 1.54) is 30.3 Å². The Morgan fingerprint density at radius 2 is 1.76 bits per heavy atom. The van der Waals surface area contributed by atoms with Crippen molar-refractivity contribution in [2.75, 3.05) is 70.3 Å². The SMILES string of the molecule is CN(OC[C@@H]1CN(c2cc(F)c(N3CCN(S(=O)(=O)N(C)C)CC3)c(F)c2)C(=O)O1)C(=O)S. The fraction of sp³-hybridized carbons (Fsp3) is 0.556. The van der Waals surface area contributed by atoms with Gasteiger partial charge in [-0.2, -0.15) is 17.0 Å². The summed E-state index contributed by atoms with van der Waals surface area (Å²) in [6.07, 6.45) is -1.57. The Morgan fingerprint density at radius 3 is 2.27 bits per heavy atom. The fourth-order valence-corrected chi connectivity index (χ4v) is 4.60. The molecule has 0 saturated carbocycles. The van der Waals surface area contributed by atoms with Gasteiger partial charge in [0.1, 0.15) is 18.4 Å². The first-order valence-electron chi connectivity index (χ1n) is 9.91. The fourth-order valence-electron chi connectivity index (χ4n) is 3.45. The molecule has 184 valence electrons. The van der Waals surface area contributed by atoms with Gasteiger partial charge >= 0.3 is 11.3 Å². The van der Waals surface area contributed by atoms with Crippen molar-refractivity contribution in [1.82, 2.24) is 13.7 Å². The number of hydrogen-bond acceptors (Lipinski definition) is 7. The third kappa shape index (κ3) is 5.48. The molecule has 0 bridgehead atoms. The van der Waals surface area contributed by atoms with Gasteiger partial charge in [-0.15, -0.1) is 0 Å². The third-order valence-corrected chi connectivity index (χ3v) is 7.48. The average molecular weight is 510 g/mol. The lowest BCUT2D eigenvalue weighted by molar-refractivity contribution is -0.113. The molecule has 2 saturated heterocycles. The lowest BCUT2D eigenvalue weighted by atomic mass is 10.2. The molecular weight excluding hydrogens is 484 g/mol. The molecule has 0 radical (unpaired) electrons. The smallest absolute Gasteiger partial charge is 0.414 e. The summed E-state index contributed by atoms with van der Waals surface area (Å²) >= 11 is 3.59. The number of nitrogens with zero attached hydrogens (tertiary/aromatic N) is 5. The molecule has 0 N–H and O–H groups in total. The van der Waals surface area contributed by atoms with Crippen LogP contribution in [0.2, 0.25) is 0 Å². The number of piperazine rings is 1. The first-order valence-corrected chi connectivity index (χ1v) is 11.8. The molecular formula is C18H25F2N5O6S2. The Hall–Kier alpha value is -2.20. The van der Waals surface area contributed by atoms with Crippen LogP contribution >= 0.6 is 12.6 Å². The molecule has 0 unspecified atom stereocenters. The van der Waals surface area contributed by atoms with Crippen LogP contribution in [0.5, 0.6) is 0 Å². The van der Waals surface area contributed by atoms with E-state index in [1.807, 2.05) is 0 Å². The van der Waals surface area contributed by atoms with Gasteiger partial charge in [0, 0.05) is 59.5 Å². The quantitative estimate of drug-likeness (QED) is 0.434. The molecule has 3 rings (SSSR count). The van der Waals surface area contributed by atoms with Gasteiger partial charge in [0.15, 0.2) is 11.6 Å². The Bertz CT molecular complexity index is 997. The standard InChI is InChI=1S/C18H25F2N5O6S2/c1-21(2)33(28,29)24-6-4-23(5-7-24)16-14(19)8-12(9-15(16)20)25-10-13(31-17(25)26)11-30-22(3)18(27)32/h8-9,13H,4-7,10-11H2,1-3H3,(H,27,32)/t13-/m0/s1. The van der Waals surface area contributed by atoms with E-state index in [-0.39, 0.29) is 50.7 Å². The van der Waals surface area contributed by atoms with E-state index in [1.54, 1.807) is 0 Å². The summed E-state index contributed by atoms with van der Waals surface area (Å²) in [5, 5.41) is 0.216. The zero-order valence-electron chi connectivity index (χ0n) is 18.3. The minimum atomic E-state index is -3.61. The van der Waals surface area contributed by atoms with Crippen LogP contribution in [0.3, 0.4) is 0 Å². The summed E-state index contributed by atoms with van der Waals surface area (Å²) < 4.78 is 61.7. The molecule has 2 aliphatic rings. The first kappa shape index (κ1) is 25.4. The molecule has 2 aliphatic heterocycles. The van der Waals surface area contributed by atoms with Gasteiger partial charge in [-0.05, 0) is 0 Å². The molecule has 0 spiro atoms. The number of halogens is 2. The van der Waals surface area contributed by atoms with Gasteiger partial charge in [-0.3, -0.25) is 14.5 Å². The van der Waals surface area contributed by atoms with Crippen molar-refractivity contribution in [2.24, 2.45) is 0 Å². The second-order valence-corrected chi connectivity index (χ2v) is 10.2. The highest BCUT2D eigenvalue weighted by atomic mass is 32.2. The number of anilines is 2. The zero-order valence-corrected chi connectivity index (χ0v) is 20.0. The van der Waals surface area contributed by atoms with Crippen LogP contribution in [0.1, 0.15) is 0 Å². The number of hydrogen-bond donors (Lipinski definition) is 1. The van der Waals surface area contributed by atoms with E-state index in [4.69, 9.17) is 9.57 Å². The predicted octanol–water partition coefficient (Wildman–Crippen LogP) is 1.13. The maximum atomic E-state index is 14.9. The number of ether oxygens (including phenoxy) is 1. The van der Waals surface area contributed by atoms with Gasteiger partial charge in [0.05, 0.1) is 12.2 Å². The number of amides is 2. The molecule has 15 heteroatoms. The third-order valence-electron chi connectivity index (χ3n) is 5.25. The number of rotatable bonds is 7. The Balaban J connectivity index is 1.68. The maximum Gasteiger partial charge on any atom is 0.414 e. The molecule has 2 heterocycles. The summed E-state index contributed by atoms with van der Waals surface area (Å²) in [5.74, 6) is -1.77. The second-order valence-electron chi connectivity index (χ2n) is 7.63. The molecule has 1 aromatic carbocycles. The van der Waals surface area contributed by atoms with Gasteiger partial charge in [-0.25, -0.2) is 18.6 Å². The van der Waals surface area contributed by atoms with Crippen LogP contribution in [-0.2, 0) is 19.8 Å². The highest BCUT2D eigenvalue weighted by Gasteiger charge is 2.35. The minimum Gasteiger partial charge on any atom is -0.441 e. The largest absolute Gasteiger partial charge is 0.441 e. The number of carbonyl (C=O) groups excluding carboxylic acids is 2. The maximum absolute atomic E-state index is 14.9. The normalized spacial score (nSPS) is 19.8. The molecule has 2 fully saturated rings. The van der Waals surface area contributed by atoms with Gasteiger partial charge in [0.25, 0.3) is 10.2 Å². The van der Waals surface area contributed by atoms with Crippen molar-refractivity contribution in [3.05, 3.63) is 23.8 Å². The van der Waals surface area contributed by atoms with Gasteiger partial charge in [-0.1, -0.05) is 12.6 Å². The number of cyclic esters (lactones) is 1. The van der Waals surface area contributed by atoms with Crippen molar-refractivity contribution < 1.29 is 36.4 Å². The lowest BCUT2D eigenvalue weighted by Gasteiger charge is -2.36. The summed E-state index contributed by atoms with van der Waals surface area (Å²) in [6, 6.07) is 2.05. The monoisotopic (exact) mass is 509 g/mol. The Labute approximate surface area is 195 Å². The van der Waals surface area contributed by atoms with E-state index in [0.717, 1.165) is 26.4 Å². The van der Waals surface area contributed by atoms with Gasteiger partial charge in [0.2, 0.25) is 0 Å². The summed E-state index contributed by atoms with van der Waals surface area (Å²) in [7, 11) is 0.554. The van der Waals surface area contributed by atoms with E-state index >= 15 is 0 Å². The van der Waals surface area contributed by atoms with E-state index in [9.17, 15) is 26.8 Å². The average Bonchev–Trinajstić information content (AvgIpc) is 3.12. The Morgan fingerprint density at radius 1 is 1.18 bits per heavy atom. The van der Waals surface area contributed by atoms with Crippen LogP contribution in [0.15, 0.2) is 12.1 Å². The van der Waals surface area contributed by atoms with Crippen LogP contribution in [0, 0.1) is 11.6 Å². The number of hydroxylamine groups is 2. The van der Waals surface area contributed by atoms with Gasteiger partial charge < -0.3 is 9.64 Å². The van der Waals surface area contributed by atoms with E-state index in [2.05, 4.69) is 12.6 Å². The van der Waals surface area contributed by atoms with Crippen molar-refractivity contribution in [3.63, 3.8) is 0 Å². The van der Waals surface area contributed by atoms with Crippen LogP contribution in [0.25, 0.3) is 0 Å². The first-order chi connectivity index (χ1) is 15.4. The van der Waals surface area contributed by atoms with Crippen molar-refractivity contribution in [2.45, 2.75) is 6.10 Å². The number of thiol groups is 1. The topological polar surface area (TPSA) is 103 Å². The summed E-state index contributed by atoms with van der Waals surface area (Å²) in [5.41, 5.74) is -0.323.